The van der Waals surface area contributed by atoms with E-state index in [0.717, 1.165) is 4.88 Å². The summed E-state index contributed by atoms with van der Waals surface area (Å²) in [6.07, 6.45) is 0. The Kier molecular flexibility index (Phi) is 4.74. The molecule has 0 fully saturated rings. The highest BCUT2D eigenvalue weighted by atomic mass is 79.9. The van der Waals surface area contributed by atoms with E-state index in [2.05, 4.69) is 21.2 Å². The molecule has 2 aromatic rings. The zero-order valence-electron chi connectivity index (χ0n) is 11.5. The molecule has 0 unspecified atom stereocenters. The van der Waals surface area contributed by atoms with Crippen LogP contribution in [-0.4, -0.2) is 10.8 Å². The summed E-state index contributed by atoms with van der Waals surface area (Å²) in [7, 11) is 0. The third-order valence-electron chi connectivity index (χ3n) is 3.05. The van der Waals surface area contributed by atoms with Gasteiger partial charge in [0.15, 0.2) is 0 Å². The van der Waals surface area contributed by atoms with Crippen LogP contribution in [0.1, 0.15) is 25.7 Å². The Morgan fingerprint density at radius 3 is 2.67 bits per heavy atom. The molecule has 21 heavy (non-hydrogen) atoms. The smallest absolute Gasteiger partial charge is 0.284 e. The molecule has 2 rings (SSSR count). The lowest BCUT2D eigenvalue weighted by Gasteiger charge is -2.04. The molecule has 1 aromatic carbocycles. The van der Waals surface area contributed by atoms with Crippen molar-refractivity contribution in [2.75, 3.05) is 0 Å². The average Bonchev–Trinajstić information content (AvgIpc) is 2.75. The molecule has 0 aliphatic rings. The highest BCUT2D eigenvalue weighted by Crippen LogP contribution is 2.26. The molecule has 1 heterocycles. The Morgan fingerprint density at radius 2 is 2.10 bits per heavy atom. The summed E-state index contributed by atoms with van der Waals surface area (Å²) >= 11 is 4.73. The maximum atomic E-state index is 12.1. The van der Waals surface area contributed by atoms with Gasteiger partial charge in [0.1, 0.15) is 0 Å². The number of hydrogen-bond acceptors (Lipinski definition) is 4. The fourth-order valence-electron chi connectivity index (χ4n) is 1.80. The molecule has 0 bridgehead atoms. The van der Waals surface area contributed by atoms with Crippen molar-refractivity contribution in [3.8, 4) is 0 Å². The van der Waals surface area contributed by atoms with E-state index >= 15 is 0 Å². The van der Waals surface area contributed by atoms with Crippen LogP contribution in [0.25, 0.3) is 0 Å². The summed E-state index contributed by atoms with van der Waals surface area (Å²) in [5.74, 6) is -0.325. The van der Waals surface area contributed by atoms with Gasteiger partial charge in [-0.2, -0.15) is 0 Å². The Morgan fingerprint density at radius 1 is 1.38 bits per heavy atom. The first-order valence-corrected chi connectivity index (χ1v) is 7.77. The molecule has 0 saturated carbocycles. The number of halogens is 1. The molecule has 7 heteroatoms. The number of carbonyl (C=O) groups excluding carboxylic acids is 1. The van der Waals surface area contributed by atoms with Crippen LogP contribution in [0.5, 0.6) is 0 Å². The van der Waals surface area contributed by atoms with Gasteiger partial charge in [0.05, 0.1) is 15.9 Å². The fourth-order valence-corrected chi connectivity index (χ4v) is 3.18. The highest BCUT2D eigenvalue weighted by Gasteiger charge is 2.16. The molecule has 0 atom stereocenters. The standard InChI is InChI=1S/C14H13BrN2O3S/c1-8-5-11(21-9(8)2)7-16-14(18)10-3-4-12(15)13(6-10)17(19)20/h3-6H,7H2,1-2H3,(H,16,18). The minimum absolute atomic E-state index is 0.120. The molecule has 0 aliphatic carbocycles. The van der Waals surface area contributed by atoms with Crippen LogP contribution in [0.4, 0.5) is 5.69 Å². The number of thiophene rings is 1. The summed E-state index contributed by atoms with van der Waals surface area (Å²) in [4.78, 5) is 24.7. The molecule has 1 N–H and O–H groups in total. The second-order valence-electron chi connectivity index (χ2n) is 4.56. The van der Waals surface area contributed by atoms with E-state index in [0.29, 0.717) is 11.0 Å². The van der Waals surface area contributed by atoms with Crippen molar-refractivity contribution in [3.63, 3.8) is 0 Å². The van der Waals surface area contributed by atoms with E-state index in [4.69, 9.17) is 0 Å². The van der Waals surface area contributed by atoms with Crippen molar-refractivity contribution in [1.82, 2.24) is 5.32 Å². The summed E-state index contributed by atoms with van der Waals surface area (Å²) in [5, 5.41) is 13.6. The second kappa shape index (κ2) is 6.36. The molecular weight excluding hydrogens is 356 g/mol. The molecule has 1 aromatic heterocycles. The first-order chi connectivity index (χ1) is 9.88. The van der Waals surface area contributed by atoms with Gasteiger partial charge in [-0.1, -0.05) is 0 Å². The van der Waals surface area contributed by atoms with Gasteiger partial charge in [0, 0.05) is 21.4 Å². The molecular formula is C14H13BrN2O3S. The molecule has 0 radical (unpaired) electrons. The van der Waals surface area contributed by atoms with Crippen molar-refractivity contribution < 1.29 is 9.72 Å². The third kappa shape index (κ3) is 3.68. The quantitative estimate of drug-likeness (QED) is 0.655. The van der Waals surface area contributed by atoms with Crippen LogP contribution >= 0.6 is 27.3 Å². The first kappa shape index (κ1) is 15.7. The fraction of sp³-hybridized carbons (Fsp3) is 0.214. The predicted molar refractivity (Wildman–Crippen MR) is 85.8 cm³/mol. The minimum atomic E-state index is -0.521. The van der Waals surface area contributed by atoms with Crippen LogP contribution in [0, 0.1) is 24.0 Å². The van der Waals surface area contributed by atoms with Gasteiger partial charge < -0.3 is 5.32 Å². The molecule has 0 saturated heterocycles. The number of nitro groups is 1. The normalized spacial score (nSPS) is 10.4. The SMILES string of the molecule is Cc1cc(CNC(=O)c2ccc(Br)c([N+](=O)[O-])c2)sc1C. The zero-order valence-corrected chi connectivity index (χ0v) is 13.9. The average molecular weight is 369 g/mol. The van der Waals surface area contributed by atoms with E-state index in [-0.39, 0.29) is 17.2 Å². The lowest BCUT2D eigenvalue weighted by atomic mass is 10.2. The number of benzene rings is 1. The lowest BCUT2D eigenvalue weighted by Crippen LogP contribution is -2.22. The molecule has 0 spiro atoms. The van der Waals surface area contributed by atoms with Crippen molar-refractivity contribution in [2.45, 2.75) is 20.4 Å². The van der Waals surface area contributed by atoms with E-state index in [1.807, 2.05) is 19.9 Å². The number of aryl methyl sites for hydroxylation is 2. The van der Waals surface area contributed by atoms with Gasteiger partial charge in [0.25, 0.3) is 11.6 Å². The van der Waals surface area contributed by atoms with Gasteiger partial charge >= 0.3 is 0 Å². The van der Waals surface area contributed by atoms with Gasteiger partial charge in [-0.15, -0.1) is 11.3 Å². The third-order valence-corrected chi connectivity index (χ3v) is 4.87. The van der Waals surface area contributed by atoms with E-state index < -0.39 is 4.92 Å². The first-order valence-electron chi connectivity index (χ1n) is 6.16. The Hall–Kier alpha value is -1.73. The number of amides is 1. The second-order valence-corrected chi connectivity index (χ2v) is 6.75. The molecule has 110 valence electrons. The van der Waals surface area contributed by atoms with Gasteiger partial charge in [-0.25, -0.2) is 0 Å². The number of nitro benzene ring substituents is 1. The van der Waals surface area contributed by atoms with Crippen molar-refractivity contribution in [1.29, 1.82) is 0 Å². The maximum Gasteiger partial charge on any atom is 0.284 e. The summed E-state index contributed by atoms with van der Waals surface area (Å²) in [6, 6.07) is 6.36. The monoisotopic (exact) mass is 368 g/mol. The Balaban J connectivity index is 2.10. The number of carbonyl (C=O) groups is 1. The largest absolute Gasteiger partial charge is 0.347 e. The van der Waals surface area contributed by atoms with Crippen LogP contribution in [0.15, 0.2) is 28.7 Å². The predicted octanol–water partition coefficient (Wildman–Crippen LogP) is 3.97. The molecule has 0 aliphatic heterocycles. The van der Waals surface area contributed by atoms with Crippen LogP contribution in [-0.2, 0) is 6.54 Å². The number of nitrogens with one attached hydrogen (secondary N) is 1. The topological polar surface area (TPSA) is 72.2 Å². The molecule has 5 nitrogen and oxygen atoms in total. The highest BCUT2D eigenvalue weighted by molar-refractivity contribution is 9.10. The van der Waals surface area contributed by atoms with Gasteiger partial charge in [-0.3, -0.25) is 14.9 Å². The number of rotatable bonds is 4. The zero-order chi connectivity index (χ0) is 15.6. The van der Waals surface area contributed by atoms with Crippen LogP contribution < -0.4 is 5.32 Å². The maximum absolute atomic E-state index is 12.1. The van der Waals surface area contributed by atoms with E-state index in [1.54, 1.807) is 17.4 Å². The summed E-state index contributed by atoms with van der Waals surface area (Å²) in [6.45, 7) is 4.47. The Labute approximate surface area is 134 Å². The summed E-state index contributed by atoms with van der Waals surface area (Å²) < 4.78 is 0.355. The van der Waals surface area contributed by atoms with Crippen LogP contribution in [0.2, 0.25) is 0 Å². The Bertz CT molecular complexity index is 693. The van der Waals surface area contributed by atoms with Crippen molar-refractivity contribution in [2.24, 2.45) is 0 Å². The summed E-state index contributed by atoms with van der Waals surface area (Å²) in [5.41, 5.74) is 1.35. The van der Waals surface area contributed by atoms with Gasteiger partial charge in [-0.05, 0) is 53.5 Å². The number of nitrogens with zero attached hydrogens (tertiary/aromatic N) is 1. The minimum Gasteiger partial charge on any atom is -0.347 e. The van der Waals surface area contributed by atoms with Crippen molar-refractivity contribution >= 4 is 38.9 Å². The number of hydrogen-bond donors (Lipinski definition) is 1. The van der Waals surface area contributed by atoms with Crippen molar-refractivity contribution in [3.05, 3.63) is 59.7 Å². The lowest BCUT2D eigenvalue weighted by molar-refractivity contribution is -0.385. The van der Waals surface area contributed by atoms with E-state index in [9.17, 15) is 14.9 Å². The van der Waals surface area contributed by atoms with E-state index in [1.165, 1.54) is 22.6 Å². The molecule has 1 amide bonds. The van der Waals surface area contributed by atoms with Gasteiger partial charge in [0.2, 0.25) is 0 Å². The van der Waals surface area contributed by atoms with Crippen LogP contribution in [0.3, 0.4) is 0 Å².